The number of alkyl halides is 4. The molecule has 0 fully saturated rings. The summed E-state index contributed by atoms with van der Waals surface area (Å²) in [5.74, 6) is -4.17. The van der Waals surface area contributed by atoms with E-state index < -0.39 is 31.7 Å². The Morgan fingerprint density at radius 3 is 2.62 bits per heavy atom. The molecular formula is C9H10F4O2S. The Morgan fingerprint density at radius 1 is 1.44 bits per heavy atom. The zero-order valence-corrected chi connectivity index (χ0v) is 8.89. The minimum Gasteiger partial charge on any atom is -0.385 e. The Kier molecular flexibility index (Phi) is 4.69. The molecule has 0 saturated heterocycles. The summed E-state index contributed by atoms with van der Waals surface area (Å²) in [6.45, 7) is -1.82. The fourth-order valence-corrected chi connectivity index (χ4v) is 1.63. The van der Waals surface area contributed by atoms with Gasteiger partial charge < -0.3 is 9.84 Å². The molecule has 0 aliphatic rings. The second-order valence-electron chi connectivity index (χ2n) is 3.11. The predicted molar refractivity (Wildman–Crippen MR) is 51.0 cm³/mol. The van der Waals surface area contributed by atoms with Crippen LogP contribution in [0.1, 0.15) is 11.0 Å². The molecule has 0 bridgehead atoms. The SMILES string of the molecule is OC(COCC(F)(F)C(F)F)c1cccs1. The lowest BCUT2D eigenvalue weighted by Crippen LogP contribution is -2.33. The number of ether oxygens (including phenoxy) is 1. The van der Waals surface area contributed by atoms with Crippen molar-refractivity contribution >= 4 is 11.3 Å². The number of rotatable bonds is 6. The number of hydrogen-bond acceptors (Lipinski definition) is 3. The highest BCUT2D eigenvalue weighted by atomic mass is 32.1. The molecule has 1 atom stereocenters. The second-order valence-corrected chi connectivity index (χ2v) is 4.09. The average Bonchev–Trinajstić information content (AvgIpc) is 2.69. The molecule has 0 aliphatic carbocycles. The third kappa shape index (κ3) is 3.73. The van der Waals surface area contributed by atoms with Crippen molar-refractivity contribution in [3.05, 3.63) is 22.4 Å². The zero-order valence-electron chi connectivity index (χ0n) is 8.08. The predicted octanol–water partition coefficient (Wildman–Crippen LogP) is 2.70. The lowest BCUT2D eigenvalue weighted by Gasteiger charge is -2.16. The lowest BCUT2D eigenvalue weighted by atomic mass is 10.3. The quantitative estimate of drug-likeness (QED) is 0.795. The van der Waals surface area contributed by atoms with Crippen molar-refractivity contribution in [3.8, 4) is 0 Å². The van der Waals surface area contributed by atoms with E-state index in [1.165, 1.54) is 11.3 Å². The molecule has 0 saturated carbocycles. The molecule has 2 nitrogen and oxygen atoms in total. The van der Waals surface area contributed by atoms with Gasteiger partial charge in [0.25, 0.3) is 0 Å². The van der Waals surface area contributed by atoms with E-state index in [1.807, 2.05) is 0 Å². The Hall–Kier alpha value is -0.660. The van der Waals surface area contributed by atoms with Crippen LogP contribution in [0.4, 0.5) is 17.6 Å². The maximum atomic E-state index is 12.4. The fraction of sp³-hybridized carbons (Fsp3) is 0.556. The maximum absolute atomic E-state index is 12.4. The van der Waals surface area contributed by atoms with Gasteiger partial charge in [-0.2, -0.15) is 8.78 Å². The molecule has 1 heterocycles. The van der Waals surface area contributed by atoms with E-state index in [-0.39, 0.29) is 0 Å². The van der Waals surface area contributed by atoms with Gasteiger partial charge in [-0.15, -0.1) is 11.3 Å². The van der Waals surface area contributed by atoms with E-state index in [0.717, 1.165) is 0 Å². The summed E-state index contributed by atoms with van der Waals surface area (Å²) < 4.78 is 52.6. The van der Waals surface area contributed by atoms with Crippen LogP contribution < -0.4 is 0 Å². The largest absolute Gasteiger partial charge is 0.385 e. The van der Waals surface area contributed by atoms with Gasteiger partial charge in [-0.25, -0.2) is 8.78 Å². The first-order chi connectivity index (χ1) is 7.43. The van der Waals surface area contributed by atoms with E-state index in [1.54, 1.807) is 17.5 Å². The van der Waals surface area contributed by atoms with Gasteiger partial charge in [0, 0.05) is 4.88 Å². The first kappa shape index (κ1) is 13.4. The Bertz CT molecular complexity index is 302. The monoisotopic (exact) mass is 258 g/mol. The Labute approximate surface area is 93.5 Å². The second kappa shape index (κ2) is 5.60. The summed E-state index contributed by atoms with van der Waals surface area (Å²) in [5, 5.41) is 11.1. The normalized spacial score (nSPS) is 14.4. The highest BCUT2D eigenvalue weighted by Gasteiger charge is 2.41. The smallest absolute Gasteiger partial charge is 0.330 e. The van der Waals surface area contributed by atoms with Crippen LogP contribution in [0, 0.1) is 0 Å². The standard InChI is InChI=1S/C9H10F4O2S/c10-8(11)9(12,13)5-15-4-6(14)7-2-1-3-16-7/h1-3,6,8,14H,4-5H2. The minimum absolute atomic E-state index is 0.428. The minimum atomic E-state index is -4.17. The van der Waals surface area contributed by atoms with Gasteiger partial charge in [-0.1, -0.05) is 6.07 Å². The van der Waals surface area contributed by atoms with Crippen molar-refractivity contribution in [3.63, 3.8) is 0 Å². The van der Waals surface area contributed by atoms with Crippen LogP contribution >= 0.6 is 11.3 Å². The highest BCUT2D eigenvalue weighted by molar-refractivity contribution is 7.10. The Morgan fingerprint density at radius 2 is 2.12 bits per heavy atom. The summed E-state index contributed by atoms with van der Waals surface area (Å²) in [7, 11) is 0. The summed E-state index contributed by atoms with van der Waals surface area (Å²) >= 11 is 1.23. The molecule has 1 aromatic heterocycles. The maximum Gasteiger partial charge on any atom is 0.330 e. The van der Waals surface area contributed by atoms with Gasteiger partial charge in [0.1, 0.15) is 12.7 Å². The fourth-order valence-electron chi connectivity index (χ4n) is 0.933. The van der Waals surface area contributed by atoms with Gasteiger partial charge in [-0.05, 0) is 11.4 Å². The van der Waals surface area contributed by atoms with Crippen molar-refractivity contribution in [2.24, 2.45) is 0 Å². The number of aliphatic hydroxyl groups is 1. The molecule has 7 heteroatoms. The van der Waals surface area contributed by atoms with Crippen molar-refractivity contribution in [2.75, 3.05) is 13.2 Å². The molecule has 92 valence electrons. The van der Waals surface area contributed by atoms with Gasteiger partial charge >= 0.3 is 12.3 Å². The molecule has 0 spiro atoms. The van der Waals surface area contributed by atoms with Crippen LogP contribution in [0.5, 0.6) is 0 Å². The average molecular weight is 258 g/mol. The summed E-state index contributed by atoms with van der Waals surface area (Å²) in [5.41, 5.74) is 0. The third-order valence-electron chi connectivity index (χ3n) is 1.76. The van der Waals surface area contributed by atoms with E-state index in [2.05, 4.69) is 4.74 Å². The van der Waals surface area contributed by atoms with Crippen molar-refractivity contribution in [2.45, 2.75) is 18.5 Å². The van der Waals surface area contributed by atoms with Gasteiger partial charge in [-0.3, -0.25) is 0 Å². The van der Waals surface area contributed by atoms with Crippen LogP contribution in [0.25, 0.3) is 0 Å². The van der Waals surface area contributed by atoms with Gasteiger partial charge in [0.2, 0.25) is 0 Å². The van der Waals surface area contributed by atoms with Crippen LogP contribution in [0.3, 0.4) is 0 Å². The van der Waals surface area contributed by atoms with Crippen LogP contribution in [-0.2, 0) is 4.74 Å². The molecule has 0 radical (unpaired) electrons. The molecular weight excluding hydrogens is 248 g/mol. The molecule has 1 unspecified atom stereocenters. The zero-order chi connectivity index (χ0) is 12.2. The number of aliphatic hydroxyl groups excluding tert-OH is 1. The summed E-state index contributed by atoms with van der Waals surface area (Å²) in [6, 6.07) is 3.28. The van der Waals surface area contributed by atoms with Crippen molar-refractivity contribution in [1.29, 1.82) is 0 Å². The Balaban J connectivity index is 2.31. The molecule has 16 heavy (non-hydrogen) atoms. The van der Waals surface area contributed by atoms with Gasteiger partial charge in [0.05, 0.1) is 6.61 Å². The summed E-state index contributed by atoms with van der Waals surface area (Å²) in [6.07, 6.45) is -4.82. The molecule has 1 N–H and O–H groups in total. The first-order valence-electron chi connectivity index (χ1n) is 4.38. The topological polar surface area (TPSA) is 29.5 Å². The highest BCUT2D eigenvalue weighted by Crippen LogP contribution is 2.24. The number of thiophene rings is 1. The van der Waals surface area contributed by atoms with Crippen molar-refractivity contribution in [1.82, 2.24) is 0 Å². The lowest BCUT2D eigenvalue weighted by molar-refractivity contribution is -0.170. The molecule has 0 amide bonds. The number of hydrogen-bond donors (Lipinski definition) is 1. The molecule has 1 aromatic rings. The van der Waals surface area contributed by atoms with Crippen LogP contribution in [-0.4, -0.2) is 30.7 Å². The number of halogens is 4. The third-order valence-corrected chi connectivity index (χ3v) is 2.73. The van der Waals surface area contributed by atoms with E-state index >= 15 is 0 Å². The molecule has 0 aliphatic heterocycles. The van der Waals surface area contributed by atoms with Gasteiger partial charge in [0.15, 0.2) is 0 Å². The van der Waals surface area contributed by atoms with E-state index in [4.69, 9.17) is 0 Å². The molecule has 1 rings (SSSR count). The summed E-state index contributed by atoms with van der Waals surface area (Å²) in [4.78, 5) is 0.542. The van der Waals surface area contributed by atoms with Crippen LogP contribution in [0.15, 0.2) is 17.5 Å². The molecule has 0 aromatic carbocycles. The van der Waals surface area contributed by atoms with E-state index in [9.17, 15) is 22.7 Å². The van der Waals surface area contributed by atoms with Crippen molar-refractivity contribution < 1.29 is 27.4 Å². The van der Waals surface area contributed by atoms with Crippen LogP contribution in [0.2, 0.25) is 0 Å². The first-order valence-corrected chi connectivity index (χ1v) is 5.26. The van der Waals surface area contributed by atoms with E-state index in [0.29, 0.717) is 4.88 Å².